The SMILES string of the molecule is CC(C)CC(Cl)Cc1ncccn1. The van der Waals surface area contributed by atoms with Crippen molar-refractivity contribution in [2.45, 2.75) is 32.1 Å². The fourth-order valence-electron chi connectivity index (χ4n) is 1.23. The number of halogens is 1. The Morgan fingerprint density at radius 3 is 2.46 bits per heavy atom. The molecular formula is C10H15ClN2. The smallest absolute Gasteiger partial charge is 0.129 e. The summed E-state index contributed by atoms with van der Waals surface area (Å²) in [6.07, 6.45) is 5.28. The van der Waals surface area contributed by atoms with Gasteiger partial charge in [-0.3, -0.25) is 0 Å². The zero-order valence-electron chi connectivity index (χ0n) is 8.07. The van der Waals surface area contributed by atoms with Crippen LogP contribution in [0.25, 0.3) is 0 Å². The molecule has 0 bridgehead atoms. The van der Waals surface area contributed by atoms with E-state index >= 15 is 0 Å². The molecule has 72 valence electrons. The molecule has 0 aliphatic heterocycles. The molecule has 3 heteroatoms. The van der Waals surface area contributed by atoms with Gasteiger partial charge in [-0.15, -0.1) is 11.6 Å². The molecule has 0 spiro atoms. The van der Waals surface area contributed by atoms with Crippen LogP contribution in [-0.2, 0) is 6.42 Å². The quantitative estimate of drug-likeness (QED) is 0.696. The summed E-state index contributed by atoms with van der Waals surface area (Å²) in [6.45, 7) is 4.34. The standard InChI is InChI=1S/C10H15ClN2/c1-8(2)6-9(11)7-10-12-4-3-5-13-10/h3-5,8-9H,6-7H2,1-2H3. The highest BCUT2D eigenvalue weighted by molar-refractivity contribution is 6.20. The summed E-state index contributed by atoms with van der Waals surface area (Å²) in [7, 11) is 0. The molecule has 0 radical (unpaired) electrons. The first kappa shape index (κ1) is 10.5. The maximum absolute atomic E-state index is 6.13. The van der Waals surface area contributed by atoms with Gasteiger partial charge in [0.2, 0.25) is 0 Å². The zero-order chi connectivity index (χ0) is 9.68. The largest absolute Gasteiger partial charge is 0.241 e. The first-order valence-corrected chi connectivity index (χ1v) is 5.02. The first-order chi connectivity index (χ1) is 6.18. The van der Waals surface area contributed by atoms with Gasteiger partial charge in [0.1, 0.15) is 5.82 Å². The highest BCUT2D eigenvalue weighted by Crippen LogP contribution is 2.13. The lowest BCUT2D eigenvalue weighted by Gasteiger charge is -2.10. The van der Waals surface area contributed by atoms with E-state index in [0.717, 1.165) is 18.7 Å². The van der Waals surface area contributed by atoms with Gasteiger partial charge < -0.3 is 0 Å². The molecule has 1 unspecified atom stereocenters. The van der Waals surface area contributed by atoms with Crippen molar-refractivity contribution < 1.29 is 0 Å². The second-order valence-electron chi connectivity index (χ2n) is 3.60. The lowest BCUT2D eigenvalue weighted by atomic mass is 10.1. The fourth-order valence-corrected chi connectivity index (χ4v) is 1.72. The van der Waals surface area contributed by atoms with Gasteiger partial charge >= 0.3 is 0 Å². The minimum Gasteiger partial charge on any atom is -0.241 e. The molecule has 0 saturated heterocycles. The predicted octanol–water partition coefficient (Wildman–Crippen LogP) is 2.67. The van der Waals surface area contributed by atoms with Crippen LogP contribution in [0, 0.1) is 5.92 Å². The molecule has 1 atom stereocenters. The molecular weight excluding hydrogens is 184 g/mol. The summed E-state index contributed by atoms with van der Waals surface area (Å²) < 4.78 is 0. The van der Waals surface area contributed by atoms with Gasteiger partial charge in [0, 0.05) is 24.2 Å². The molecule has 0 N–H and O–H groups in total. The van der Waals surface area contributed by atoms with Gasteiger partial charge in [-0.25, -0.2) is 9.97 Å². The number of alkyl halides is 1. The molecule has 13 heavy (non-hydrogen) atoms. The Kier molecular flexibility index (Phi) is 4.16. The van der Waals surface area contributed by atoms with E-state index in [2.05, 4.69) is 23.8 Å². The van der Waals surface area contributed by atoms with Gasteiger partial charge in [-0.1, -0.05) is 13.8 Å². The third kappa shape index (κ3) is 4.23. The summed E-state index contributed by atoms with van der Waals surface area (Å²) in [5.41, 5.74) is 0. The molecule has 0 aliphatic rings. The number of hydrogen-bond acceptors (Lipinski definition) is 2. The van der Waals surface area contributed by atoms with Crippen LogP contribution in [-0.4, -0.2) is 15.3 Å². The van der Waals surface area contributed by atoms with Crippen LogP contribution in [0.4, 0.5) is 0 Å². The zero-order valence-corrected chi connectivity index (χ0v) is 8.83. The van der Waals surface area contributed by atoms with Crippen molar-refractivity contribution in [2.24, 2.45) is 5.92 Å². The third-order valence-corrected chi connectivity index (χ3v) is 2.08. The molecule has 1 aromatic rings. The molecule has 1 heterocycles. The average molecular weight is 199 g/mol. The van der Waals surface area contributed by atoms with Gasteiger partial charge in [0.25, 0.3) is 0 Å². The number of aromatic nitrogens is 2. The van der Waals surface area contributed by atoms with E-state index in [1.54, 1.807) is 12.4 Å². The number of nitrogens with zero attached hydrogens (tertiary/aromatic N) is 2. The Hall–Kier alpha value is -0.630. The molecule has 0 aromatic carbocycles. The molecule has 1 rings (SSSR count). The molecule has 0 saturated carbocycles. The van der Waals surface area contributed by atoms with Crippen molar-refractivity contribution >= 4 is 11.6 Å². The van der Waals surface area contributed by atoms with Crippen molar-refractivity contribution in [3.63, 3.8) is 0 Å². The lowest BCUT2D eigenvalue weighted by Crippen LogP contribution is -2.09. The van der Waals surface area contributed by atoms with Crippen LogP contribution in [0.3, 0.4) is 0 Å². The van der Waals surface area contributed by atoms with Crippen molar-refractivity contribution in [1.82, 2.24) is 9.97 Å². The van der Waals surface area contributed by atoms with E-state index < -0.39 is 0 Å². The lowest BCUT2D eigenvalue weighted by molar-refractivity contribution is 0.555. The van der Waals surface area contributed by atoms with Crippen LogP contribution >= 0.6 is 11.6 Å². The minimum atomic E-state index is 0.155. The second kappa shape index (κ2) is 5.18. The Morgan fingerprint density at radius 1 is 1.31 bits per heavy atom. The second-order valence-corrected chi connectivity index (χ2v) is 4.21. The van der Waals surface area contributed by atoms with Crippen LogP contribution in [0.15, 0.2) is 18.5 Å². The molecule has 0 aliphatic carbocycles. The van der Waals surface area contributed by atoms with E-state index in [1.165, 1.54) is 0 Å². The summed E-state index contributed by atoms with van der Waals surface area (Å²) in [6, 6.07) is 1.81. The third-order valence-electron chi connectivity index (χ3n) is 1.75. The molecule has 1 aromatic heterocycles. The van der Waals surface area contributed by atoms with Gasteiger partial charge in [0.05, 0.1) is 0 Å². The number of hydrogen-bond donors (Lipinski definition) is 0. The number of rotatable bonds is 4. The average Bonchev–Trinajstić information content (AvgIpc) is 2.04. The molecule has 0 fully saturated rings. The minimum absolute atomic E-state index is 0.155. The Bertz CT molecular complexity index is 236. The summed E-state index contributed by atoms with van der Waals surface area (Å²) in [4.78, 5) is 8.26. The normalized spacial score (nSPS) is 13.2. The fraction of sp³-hybridized carbons (Fsp3) is 0.600. The van der Waals surface area contributed by atoms with E-state index in [-0.39, 0.29) is 5.38 Å². The van der Waals surface area contributed by atoms with Crippen LogP contribution in [0.5, 0.6) is 0 Å². The summed E-state index contributed by atoms with van der Waals surface area (Å²) in [5.74, 6) is 1.47. The Morgan fingerprint density at radius 2 is 1.92 bits per heavy atom. The Labute approximate surface area is 84.4 Å². The highest BCUT2D eigenvalue weighted by Gasteiger charge is 2.09. The van der Waals surface area contributed by atoms with Crippen molar-refractivity contribution in [2.75, 3.05) is 0 Å². The summed E-state index contributed by atoms with van der Waals surface area (Å²) >= 11 is 6.13. The van der Waals surface area contributed by atoms with Gasteiger partial charge in [-0.05, 0) is 18.4 Å². The van der Waals surface area contributed by atoms with Crippen molar-refractivity contribution in [3.8, 4) is 0 Å². The monoisotopic (exact) mass is 198 g/mol. The Balaban J connectivity index is 2.41. The van der Waals surface area contributed by atoms with Gasteiger partial charge in [-0.2, -0.15) is 0 Å². The van der Waals surface area contributed by atoms with Crippen LogP contribution in [0.1, 0.15) is 26.1 Å². The summed E-state index contributed by atoms with van der Waals surface area (Å²) in [5, 5.41) is 0.155. The molecule has 0 amide bonds. The van der Waals surface area contributed by atoms with E-state index in [1.807, 2.05) is 6.07 Å². The van der Waals surface area contributed by atoms with E-state index in [0.29, 0.717) is 5.92 Å². The van der Waals surface area contributed by atoms with Gasteiger partial charge in [0.15, 0.2) is 0 Å². The topological polar surface area (TPSA) is 25.8 Å². The highest BCUT2D eigenvalue weighted by atomic mass is 35.5. The maximum atomic E-state index is 6.13. The predicted molar refractivity (Wildman–Crippen MR) is 54.8 cm³/mol. The van der Waals surface area contributed by atoms with E-state index in [9.17, 15) is 0 Å². The van der Waals surface area contributed by atoms with E-state index in [4.69, 9.17) is 11.6 Å². The van der Waals surface area contributed by atoms with Crippen LogP contribution < -0.4 is 0 Å². The first-order valence-electron chi connectivity index (χ1n) is 4.58. The van der Waals surface area contributed by atoms with Crippen molar-refractivity contribution in [3.05, 3.63) is 24.3 Å². The van der Waals surface area contributed by atoms with Crippen molar-refractivity contribution in [1.29, 1.82) is 0 Å². The maximum Gasteiger partial charge on any atom is 0.129 e. The molecule has 2 nitrogen and oxygen atoms in total. The van der Waals surface area contributed by atoms with Crippen LogP contribution in [0.2, 0.25) is 0 Å².